The van der Waals surface area contributed by atoms with Crippen LogP contribution < -0.4 is 5.73 Å². The van der Waals surface area contributed by atoms with E-state index in [-0.39, 0.29) is 10.6 Å². The predicted molar refractivity (Wildman–Crippen MR) is 78.7 cm³/mol. The lowest BCUT2D eigenvalue weighted by molar-refractivity contribution is 0.473. The van der Waals surface area contributed by atoms with E-state index >= 15 is 0 Å². The Morgan fingerprint density at radius 2 is 2.10 bits per heavy atom. The van der Waals surface area contributed by atoms with Crippen LogP contribution in [0.4, 0.5) is 10.1 Å². The average molecular weight is 314 g/mol. The Morgan fingerprint density at radius 3 is 2.70 bits per heavy atom. The molecule has 1 heterocycles. The predicted octanol–water partition coefficient (Wildman–Crippen LogP) is 2.33. The number of hydrogen-bond acceptors (Lipinski definition) is 4. The van der Waals surface area contributed by atoms with Gasteiger partial charge in [-0.25, -0.2) is 17.1 Å². The maximum atomic E-state index is 13.1. The quantitative estimate of drug-likeness (QED) is 0.862. The van der Waals surface area contributed by atoms with Gasteiger partial charge in [-0.2, -0.15) is 0 Å². The van der Waals surface area contributed by atoms with Crippen LogP contribution in [-0.4, -0.2) is 26.3 Å². The van der Waals surface area contributed by atoms with Crippen LogP contribution in [0.3, 0.4) is 0 Å². The van der Waals surface area contributed by atoms with Gasteiger partial charge in [0, 0.05) is 18.5 Å². The highest BCUT2D eigenvalue weighted by Gasteiger charge is 2.21. The fourth-order valence-corrected chi connectivity index (χ4v) is 3.61. The number of rotatable bonds is 5. The summed E-state index contributed by atoms with van der Waals surface area (Å²) in [5.41, 5.74) is 5.24. The SMILES string of the molecule is CN(CCc1cccs1)S(=O)(=O)c1ccc(F)c(N)c1. The monoisotopic (exact) mass is 314 g/mol. The zero-order chi connectivity index (χ0) is 14.8. The van der Waals surface area contributed by atoms with Crippen LogP contribution in [0, 0.1) is 5.82 Å². The van der Waals surface area contributed by atoms with Gasteiger partial charge in [0.05, 0.1) is 10.6 Å². The Bertz CT molecular complexity index is 684. The molecule has 0 aliphatic rings. The molecule has 0 atom stereocenters. The van der Waals surface area contributed by atoms with Gasteiger partial charge >= 0.3 is 0 Å². The van der Waals surface area contributed by atoms with E-state index in [1.54, 1.807) is 11.3 Å². The molecule has 0 spiro atoms. The summed E-state index contributed by atoms with van der Waals surface area (Å²) in [6.07, 6.45) is 0.643. The van der Waals surface area contributed by atoms with Crippen LogP contribution in [0.5, 0.6) is 0 Å². The fraction of sp³-hybridized carbons (Fsp3) is 0.231. The van der Waals surface area contributed by atoms with E-state index in [2.05, 4.69) is 0 Å². The van der Waals surface area contributed by atoms with Crippen molar-refractivity contribution in [3.8, 4) is 0 Å². The normalized spacial score (nSPS) is 11.9. The lowest BCUT2D eigenvalue weighted by atomic mass is 10.3. The number of nitrogens with zero attached hydrogens (tertiary/aromatic N) is 1. The van der Waals surface area contributed by atoms with Gasteiger partial charge in [0.2, 0.25) is 10.0 Å². The largest absolute Gasteiger partial charge is 0.396 e. The summed E-state index contributed by atoms with van der Waals surface area (Å²) >= 11 is 1.58. The summed E-state index contributed by atoms with van der Waals surface area (Å²) in [5, 5.41) is 1.95. The molecule has 2 N–H and O–H groups in total. The van der Waals surface area contributed by atoms with Gasteiger partial charge in [0.15, 0.2) is 0 Å². The maximum absolute atomic E-state index is 13.1. The van der Waals surface area contributed by atoms with Gasteiger partial charge in [-0.1, -0.05) is 6.07 Å². The number of hydrogen-bond donors (Lipinski definition) is 1. The molecule has 0 aliphatic carbocycles. The van der Waals surface area contributed by atoms with Gasteiger partial charge in [-0.3, -0.25) is 0 Å². The maximum Gasteiger partial charge on any atom is 0.242 e. The van der Waals surface area contributed by atoms with Gasteiger partial charge in [-0.15, -0.1) is 11.3 Å². The van der Waals surface area contributed by atoms with Gasteiger partial charge < -0.3 is 5.73 Å². The second-order valence-corrected chi connectivity index (χ2v) is 7.42. The first-order chi connectivity index (χ1) is 9.41. The third-order valence-corrected chi connectivity index (χ3v) is 5.72. The zero-order valence-corrected chi connectivity index (χ0v) is 12.5. The first kappa shape index (κ1) is 15.0. The van der Waals surface area contributed by atoms with Crippen molar-refractivity contribution in [2.75, 3.05) is 19.3 Å². The van der Waals surface area contributed by atoms with Crippen molar-refractivity contribution in [1.82, 2.24) is 4.31 Å². The molecule has 0 saturated heterocycles. The third-order valence-electron chi connectivity index (χ3n) is 2.93. The van der Waals surface area contributed by atoms with E-state index < -0.39 is 15.8 Å². The van der Waals surface area contributed by atoms with Gasteiger partial charge in [0.1, 0.15) is 5.82 Å². The number of benzene rings is 1. The molecule has 1 aromatic heterocycles. The van der Waals surface area contributed by atoms with E-state index in [0.29, 0.717) is 13.0 Å². The fourth-order valence-electron chi connectivity index (χ4n) is 1.70. The number of nitrogens with two attached hydrogens (primary N) is 1. The Balaban J connectivity index is 2.14. The summed E-state index contributed by atoms with van der Waals surface area (Å²) in [5.74, 6) is -0.620. The molecule has 0 fully saturated rings. The molecule has 0 bridgehead atoms. The van der Waals surface area contributed by atoms with Gasteiger partial charge in [0.25, 0.3) is 0 Å². The first-order valence-electron chi connectivity index (χ1n) is 5.95. The molecule has 4 nitrogen and oxygen atoms in total. The zero-order valence-electron chi connectivity index (χ0n) is 10.9. The lowest BCUT2D eigenvalue weighted by Gasteiger charge is -2.17. The molecular formula is C13H15FN2O2S2. The van der Waals surface area contributed by atoms with Crippen molar-refractivity contribution in [3.63, 3.8) is 0 Å². The Morgan fingerprint density at radius 1 is 1.35 bits per heavy atom. The van der Waals surface area contributed by atoms with E-state index in [0.717, 1.165) is 17.0 Å². The van der Waals surface area contributed by atoms with Crippen LogP contribution >= 0.6 is 11.3 Å². The molecule has 108 valence electrons. The van der Waals surface area contributed by atoms with Crippen LogP contribution in [0.15, 0.2) is 40.6 Å². The van der Waals surface area contributed by atoms with Crippen molar-refractivity contribution in [2.45, 2.75) is 11.3 Å². The van der Waals surface area contributed by atoms with Crippen LogP contribution in [0.2, 0.25) is 0 Å². The third kappa shape index (κ3) is 3.17. The summed E-state index contributed by atoms with van der Waals surface area (Å²) in [7, 11) is -2.14. The second-order valence-electron chi connectivity index (χ2n) is 4.34. The van der Waals surface area contributed by atoms with E-state index in [4.69, 9.17) is 5.73 Å². The minimum absolute atomic E-state index is 0.00470. The number of anilines is 1. The van der Waals surface area contributed by atoms with E-state index in [1.165, 1.54) is 17.4 Å². The van der Waals surface area contributed by atoms with Crippen molar-refractivity contribution in [3.05, 3.63) is 46.4 Å². The van der Waals surface area contributed by atoms with E-state index in [9.17, 15) is 12.8 Å². The molecule has 2 rings (SSSR count). The highest BCUT2D eigenvalue weighted by Crippen LogP contribution is 2.20. The van der Waals surface area contributed by atoms with Crippen molar-refractivity contribution >= 4 is 27.0 Å². The highest BCUT2D eigenvalue weighted by molar-refractivity contribution is 7.89. The number of halogens is 1. The molecule has 1 aromatic carbocycles. The topological polar surface area (TPSA) is 63.4 Å². The molecule has 20 heavy (non-hydrogen) atoms. The molecule has 0 amide bonds. The standard InChI is InChI=1S/C13H15FN2O2S2/c1-16(7-6-10-3-2-8-19-10)20(17,18)11-4-5-12(14)13(15)9-11/h2-5,8-9H,6-7,15H2,1H3. The minimum Gasteiger partial charge on any atom is -0.396 e. The smallest absolute Gasteiger partial charge is 0.242 e. The summed E-state index contributed by atoms with van der Waals surface area (Å²) < 4.78 is 39.0. The molecule has 0 unspecified atom stereocenters. The molecule has 2 aromatic rings. The molecule has 0 saturated carbocycles. The van der Waals surface area contributed by atoms with Gasteiger partial charge in [-0.05, 0) is 36.1 Å². The molecule has 7 heteroatoms. The van der Waals surface area contributed by atoms with Crippen molar-refractivity contribution in [1.29, 1.82) is 0 Å². The highest BCUT2D eigenvalue weighted by atomic mass is 32.2. The average Bonchev–Trinajstić information content (AvgIpc) is 2.92. The molecular weight excluding hydrogens is 299 g/mol. The molecule has 0 aliphatic heterocycles. The summed E-state index contributed by atoms with van der Waals surface area (Å²) in [6, 6.07) is 7.32. The van der Waals surface area contributed by atoms with E-state index in [1.807, 2.05) is 17.5 Å². The van der Waals surface area contributed by atoms with Crippen LogP contribution in [0.25, 0.3) is 0 Å². The van der Waals surface area contributed by atoms with Crippen LogP contribution in [-0.2, 0) is 16.4 Å². The number of thiophene rings is 1. The second kappa shape index (κ2) is 5.90. The Labute approximate surface area is 121 Å². The number of sulfonamides is 1. The van der Waals surface area contributed by atoms with Crippen molar-refractivity contribution < 1.29 is 12.8 Å². The minimum atomic E-state index is -3.64. The van der Waals surface area contributed by atoms with Crippen molar-refractivity contribution in [2.24, 2.45) is 0 Å². The number of nitrogen functional groups attached to an aromatic ring is 1. The Kier molecular flexibility index (Phi) is 4.42. The lowest BCUT2D eigenvalue weighted by Crippen LogP contribution is -2.29. The summed E-state index contributed by atoms with van der Waals surface area (Å²) in [6.45, 7) is 0.361. The van der Waals surface area contributed by atoms with Crippen LogP contribution in [0.1, 0.15) is 4.88 Å². The summed E-state index contributed by atoms with van der Waals surface area (Å²) in [4.78, 5) is 1.12. The Hall–Kier alpha value is -1.44. The molecule has 0 radical (unpaired) electrons. The first-order valence-corrected chi connectivity index (χ1v) is 8.27. The number of likely N-dealkylation sites (N-methyl/N-ethyl adjacent to an activating group) is 1.